The lowest BCUT2D eigenvalue weighted by molar-refractivity contribution is 0.148. The number of ether oxygens (including phenoxy) is 2. The molecule has 1 unspecified atom stereocenters. The van der Waals surface area contributed by atoms with E-state index in [1.807, 2.05) is 6.07 Å². The summed E-state index contributed by atoms with van der Waals surface area (Å²) in [6, 6.07) is 6.97. The topological polar surface area (TPSA) is 69.0 Å². The molecule has 1 fully saturated rings. The van der Waals surface area contributed by atoms with E-state index in [1.165, 1.54) is 10.6 Å². The number of furan rings is 1. The first-order chi connectivity index (χ1) is 10.6. The molecule has 0 radical (unpaired) electrons. The van der Waals surface area contributed by atoms with Crippen LogP contribution in [0.3, 0.4) is 0 Å². The number of hydrogen-bond donors (Lipinski definition) is 0. The van der Waals surface area contributed by atoms with Gasteiger partial charge in [-0.3, -0.25) is 0 Å². The quantitative estimate of drug-likeness (QED) is 0.811. The average Bonchev–Trinajstić information content (AvgIpc) is 3.17. The number of nitrogens with zero attached hydrogens (tertiary/aromatic N) is 1. The van der Waals surface area contributed by atoms with E-state index in [0.29, 0.717) is 43.8 Å². The van der Waals surface area contributed by atoms with Gasteiger partial charge in [-0.15, -0.1) is 0 Å². The van der Waals surface area contributed by atoms with E-state index in [-0.39, 0.29) is 10.9 Å². The molecule has 0 saturated carbocycles. The van der Waals surface area contributed by atoms with Crippen LogP contribution in [0.15, 0.2) is 39.8 Å². The second-order valence-corrected chi connectivity index (χ2v) is 7.08. The Morgan fingerprint density at radius 3 is 2.91 bits per heavy atom. The zero-order chi connectivity index (χ0) is 15.6. The highest BCUT2D eigenvalue weighted by Crippen LogP contribution is 2.29. The molecule has 1 aliphatic heterocycles. The Bertz CT molecular complexity index is 733. The highest BCUT2D eigenvalue weighted by molar-refractivity contribution is 7.89. The van der Waals surface area contributed by atoms with Crippen LogP contribution < -0.4 is 0 Å². The largest absolute Gasteiger partial charge is 0.463 e. The highest BCUT2D eigenvalue weighted by Gasteiger charge is 2.35. The van der Waals surface area contributed by atoms with Gasteiger partial charge in [0.15, 0.2) is 0 Å². The van der Waals surface area contributed by atoms with Crippen LogP contribution in [-0.2, 0) is 19.5 Å². The minimum Gasteiger partial charge on any atom is -0.463 e. The maximum atomic E-state index is 13.1. The third-order valence-corrected chi connectivity index (χ3v) is 5.83. The van der Waals surface area contributed by atoms with E-state index in [0.717, 1.165) is 0 Å². The van der Waals surface area contributed by atoms with E-state index in [4.69, 9.17) is 13.9 Å². The number of fused-ring (bicyclic) bond motifs is 1. The maximum Gasteiger partial charge on any atom is 0.247 e. The molecule has 120 valence electrons. The fourth-order valence-electron chi connectivity index (χ4n) is 2.71. The Hall–Kier alpha value is -1.41. The molecule has 22 heavy (non-hydrogen) atoms. The van der Waals surface area contributed by atoms with Crippen LogP contribution in [0.25, 0.3) is 11.0 Å². The van der Waals surface area contributed by atoms with Crippen molar-refractivity contribution in [2.24, 2.45) is 0 Å². The smallest absolute Gasteiger partial charge is 0.247 e. The molecule has 7 heteroatoms. The standard InChI is InChI=1S/C15H19NO5S/c1-19-9-7-16(12-6-8-20-10-12)22(17,18)15-11-21-14-5-3-2-4-13(14)15/h2-5,11-12H,6-10H2,1H3. The zero-order valence-electron chi connectivity index (χ0n) is 12.4. The van der Waals surface area contributed by atoms with Gasteiger partial charge in [-0.25, -0.2) is 8.42 Å². The van der Waals surface area contributed by atoms with E-state index in [9.17, 15) is 8.42 Å². The van der Waals surface area contributed by atoms with Gasteiger partial charge in [0.25, 0.3) is 0 Å². The molecule has 1 aromatic heterocycles. The summed E-state index contributed by atoms with van der Waals surface area (Å²) in [4.78, 5) is 0.200. The molecule has 0 N–H and O–H groups in total. The van der Waals surface area contributed by atoms with Gasteiger partial charge in [0.05, 0.1) is 19.3 Å². The number of sulfonamides is 1. The lowest BCUT2D eigenvalue weighted by atomic mass is 10.2. The fourth-order valence-corrected chi connectivity index (χ4v) is 4.45. The third-order valence-electron chi connectivity index (χ3n) is 3.86. The van der Waals surface area contributed by atoms with Gasteiger partial charge < -0.3 is 13.9 Å². The maximum absolute atomic E-state index is 13.1. The molecule has 1 atom stereocenters. The van der Waals surface area contributed by atoms with Crippen LogP contribution >= 0.6 is 0 Å². The van der Waals surface area contributed by atoms with Crippen molar-refractivity contribution >= 4 is 21.0 Å². The molecule has 2 heterocycles. The van der Waals surface area contributed by atoms with Crippen molar-refractivity contribution in [2.45, 2.75) is 17.4 Å². The minimum atomic E-state index is -3.66. The van der Waals surface area contributed by atoms with Crippen LogP contribution in [0.5, 0.6) is 0 Å². The van der Waals surface area contributed by atoms with Gasteiger partial charge in [-0.05, 0) is 18.6 Å². The van der Waals surface area contributed by atoms with Crippen LogP contribution in [0.2, 0.25) is 0 Å². The molecule has 6 nitrogen and oxygen atoms in total. The molecular weight excluding hydrogens is 306 g/mol. The van der Waals surface area contributed by atoms with E-state index >= 15 is 0 Å². The predicted octanol–water partition coefficient (Wildman–Crippen LogP) is 1.86. The van der Waals surface area contributed by atoms with E-state index in [2.05, 4.69) is 0 Å². The lowest BCUT2D eigenvalue weighted by Crippen LogP contribution is -2.42. The number of para-hydroxylation sites is 1. The van der Waals surface area contributed by atoms with Crippen molar-refractivity contribution in [3.8, 4) is 0 Å². The summed E-state index contributed by atoms with van der Waals surface area (Å²) in [7, 11) is -2.10. The molecule has 3 rings (SSSR count). The van der Waals surface area contributed by atoms with E-state index < -0.39 is 10.0 Å². The molecule has 0 aliphatic carbocycles. The summed E-state index contributed by atoms with van der Waals surface area (Å²) < 4.78 is 43.4. The third kappa shape index (κ3) is 2.77. The normalized spacial score (nSPS) is 19.3. The number of benzene rings is 1. The number of methoxy groups -OCH3 is 1. The van der Waals surface area contributed by atoms with Gasteiger partial charge in [-0.1, -0.05) is 12.1 Å². The van der Waals surface area contributed by atoms with Gasteiger partial charge in [0.1, 0.15) is 16.7 Å². The Labute approximate surface area is 129 Å². The Morgan fingerprint density at radius 2 is 2.18 bits per heavy atom. The van der Waals surface area contributed by atoms with Crippen molar-refractivity contribution in [1.82, 2.24) is 4.31 Å². The number of hydrogen-bond acceptors (Lipinski definition) is 5. The fraction of sp³-hybridized carbons (Fsp3) is 0.467. The van der Waals surface area contributed by atoms with Crippen LogP contribution in [0.1, 0.15) is 6.42 Å². The molecule has 1 aliphatic rings. The second kappa shape index (κ2) is 6.37. The first-order valence-electron chi connectivity index (χ1n) is 7.19. The van der Waals surface area contributed by atoms with Gasteiger partial charge in [0.2, 0.25) is 10.0 Å². The summed E-state index contributed by atoms with van der Waals surface area (Å²) in [5, 5.41) is 0.601. The molecule has 0 bridgehead atoms. The summed E-state index contributed by atoms with van der Waals surface area (Å²) in [6.45, 7) is 1.63. The van der Waals surface area contributed by atoms with Crippen molar-refractivity contribution in [2.75, 3.05) is 33.5 Å². The summed E-state index contributed by atoms with van der Waals surface area (Å²) >= 11 is 0. The van der Waals surface area contributed by atoms with Crippen LogP contribution in [0.4, 0.5) is 0 Å². The zero-order valence-corrected chi connectivity index (χ0v) is 13.2. The summed E-state index contributed by atoms with van der Waals surface area (Å²) in [6.07, 6.45) is 2.01. The van der Waals surface area contributed by atoms with Crippen LogP contribution in [-0.4, -0.2) is 52.2 Å². The van der Waals surface area contributed by atoms with Gasteiger partial charge in [0, 0.05) is 25.6 Å². The first-order valence-corrected chi connectivity index (χ1v) is 8.63. The molecule has 0 amide bonds. The SMILES string of the molecule is COCCN(C1CCOC1)S(=O)(=O)c1coc2ccccc12. The van der Waals surface area contributed by atoms with Crippen molar-refractivity contribution < 1.29 is 22.3 Å². The van der Waals surface area contributed by atoms with Gasteiger partial charge in [-0.2, -0.15) is 4.31 Å². The predicted molar refractivity (Wildman–Crippen MR) is 81.2 cm³/mol. The number of rotatable bonds is 6. The average molecular weight is 325 g/mol. The van der Waals surface area contributed by atoms with Crippen LogP contribution in [0, 0.1) is 0 Å². The van der Waals surface area contributed by atoms with Gasteiger partial charge >= 0.3 is 0 Å². The first kappa shape index (κ1) is 15.5. The molecule has 1 aromatic carbocycles. The van der Waals surface area contributed by atoms with E-state index in [1.54, 1.807) is 25.3 Å². The molecule has 2 aromatic rings. The van der Waals surface area contributed by atoms with Crippen molar-refractivity contribution in [3.05, 3.63) is 30.5 Å². The Morgan fingerprint density at radius 1 is 1.36 bits per heavy atom. The lowest BCUT2D eigenvalue weighted by Gasteiger charge is -2.26. The van der Waals surface area contributed by atoms with Crippen molar-refractivity contribution in [3.63, 3.8) is 0 Å². The molecular formula is C15H19NO5S. The Kier molecular flexibility index (Phi) is 4.49. The Balaban J connectivity index is 2.00. The highest BCUT2D eigenvalue weighted by atomic mass is 32.2. The summed E-state index contributed by atoms with van der Waals surface area (Å²) in [5.74, 6) is 0. The monoisotopic (exact) mass is 325 g/mol. The molecule has 1 saturated heterocycles. The minimum absolute atomic E-state index is 0.159. The van der Waals surface area contributed by atoms with Crippen molar-refractivity contribution in [1.29, 1.82) is 0 Å². The summed E-state index contributed by atoms with van der Waals surface area (Å²) in [5.41, 5.74) is 0.565. The molecule has 0 spiro atoms. The second-order valence-electron chi connectivity index (χ2n) is 5.22.